The summed E-state index contributed by atoms with van der Waals surface area (Å²) in [6, 6.07) is 0. The third-order valence-corrected chi connectivity index (χ3v) is 3.50. The van der Waals surface area contributed by atoms with Crippen LogP contribution in [-0.4, -0.2) is 43.8 Å². The number of nitrogens with one attached hydrogen (secondary N) is 2. The predicted octanol–water partition coefficient (Wildman–Crippen LogP) is 1.23. The molecule has 0 aliphatic carbocycles. The summed E-state index contributed by atoms with van der Waals surface area (Å²) in [5, 5.41) is 5.77. The van der Waals surface area contributed by atoms with Gasteiger partial charge in [-0.25, -0.2) is 9.97 Å². The molecule has 2 N–H and O–H groups in total. The lowest BCUT2D eigenvalue weighted by Gasteiger charge is -2.32. The molecule has 2 aromatic rings. The van der Waals surface area contributed by atoms with Crippen LogP contribution < -0.4 is 10.6 Å². The van der Waals surface area contributed by atoms with E-state index in [-0.39, 0.29) is 29.7 Å². The fraction of sp³-hybridized carbons (Fsp3) is 0.412. The summed E-state index contributed by atoms with van der Waals surface area (Å²) in [6.45, 7) is 6.25. The Balaban J connectivity index is 2.06. The molecule has 0 radical (unpaired) electrons. The maximum absolute atomic E-state index is 12.4. The third kappa shape index (κ3) is 5.59. The molecular weight excluding hydrogens is 320 g/mol. The molecule has 0 bridgehead atoms. The highest BCUT2D eigenvalue weighted by Crippen LogP contribution is 2.16. The third-order valence-electron chi connectivity index (χ3n) is 3.50. The van der Waals surface area contributed by atoms with Crippen LogP contribution in [0.15, 0.2) is 37.2 Å². The lowest BCUT2D eigenvalue weighted by molar-refractivity contribution is 0.0855. The van der Waals surface area contributed by atoms with Gasteiger partial charge in [0, 0.05) is 31.3 Å². The highest BCUT2D eigenvalue weighted by molar-refractivity contribution is 5.93. The van der Waals surface area contributed by atoms with Crippen LogP contribution in [0.25, 0.3) is 0 Å². The molecule has 0 aliphatic heterocycles. The lowest BCUT2D eigenvalue weighted by atomic mass is 9.90. The van der Waals surface area contributed by atoms with Gasteiger partial charge in [0.15, 0.2) is 0 Å². The van der Waals surface area contributed by atoms with E-state index in [0.29, 0.717) is 12.3 Å². The molecule has 1 atom stereocenters. The largest absolute Gasteiger partial charge is 0.348 e. The van der Waals surface area contributed by atoms with Crippen LogP contribution in [0.1, 0.15) is 48.2 Å². The second-order valence-corrected chi connectivity index (χ2v) is 6.48. The van der Waals surface area contributed by atoms with Crippen molar-refractivity contribution in [2.45, 2.75) is 32.7 Å². The van der Waals surface area contributed by atoms with E-state index in [0.717, 1.165) is 0 Å². The number of carbonyl (C=O) groups is 2. The van der Waals surface area contributed by atoms with Gasteiger partial charge in [-0.3, -0.25) is 19.6 Å². The van der Waals surface area contributed by atoms with Crippen molar-refractivity contribution in [3.05, 3.63) is 48.6 Å². The fourth-order valence-corrected chi connectivity index (χ4v) is 2.61. The van der Waals surface area contributed by atoms with E-state index < -0.39 is 5.54 Å². The van der Waals surface area contributed by atoms with Gasteiger partial charge < -0.3 is 10.6 Å². The molecule has 2 rings (SSSR count). The molecule has 132 valence electrons. The van der Waals surface area contributed by atoms with Crippen molar-refractivity contribution in [2.24, 2.45) is 5.92 Å². The van der Waals surface area contributed by atoms with E-state index in [1.807, 2.05) is 6.92 Å². The summed E-state index contributed by atoms with van der Waals surface area (Å²) in [4.78, 5) is 40.3. The minimum atomic E-state index is -0.638. The van der Waals surface area contributed by atoms with Gasteiger partial charge in [0.1, 0.15) is 11.4 Å². The summed E-state index contributed by atoms with van der Waals surface area (Å²) in [5.74, 6) is -0.345. The van der Waals surface area contributed by atoms with E-state index in [2.05, 4.69) is 44.4 Å². The van der Waals surface area contributed by atoms with Crippen LogP contribution in [0, 0.1) is 5.92 Å². The Kier molecular flexibility index (Phi) is 6.10. The molecule has 0 spiro atoms. The first-order valence-electron chi connectivity index (χ1n) is 8.02. The number of hydrogen-bond acceptors (Lipinski definition) is 6. The molecule has 0 saturated heterocycles. The highest BCUT2D eigenvalue weighted by atomic mass is 16.2. The van der Waals surface area contributed by atoms with Crippen molar-refractivity contribution in [1.29, 1.82) is 0 Å². The van der Waals surface area contributed by atoms with Gasteiger partial charge in [0.05, 0.1) is 17.9 Å². The molecule has 0 saturated carbocycles. The molecule has 2 aromatic heterocycles. The van der Waals surface area contributed by atoms with Crippen LogP contribution >= 0.6 is 0 Å². The molecule has 0 aromatic carbocycles. The number of hydrogen-bond donors (Lipinski definition) is 2. The van der Waals surface area contributed by atoms with Crippen LogP contribution in [-0.2, 0) is 0 Å². The lowest BCUT2D eigenvalue weighted by Crippen LogP contribution is -2.54. The quantitative estimate of drug-likeness (QED) is 0.783. The molecule has 0 fully saturated rings. The Morgan fingerprint density at radius 3 is 2.04 bits per heavy atom. The minimum Gasteiger partial charge on any atom is -0.348 e. The van der Waals surface area contributed by atoms with Gasteiger partial charge in [-0.1, -0.05) is 13.8 Å². The smallest absolute Gasteiger partial charge is 0.271 e. The molecule has 0 aliphatic rings. The highest BCUT2D eigenvalue weighted by Gasteiger charge is 2.29. The molecular formula is C17H22N6O2. The molecule has 2 amide bonds. The Labute approximate surface area is 146 Å². The van der Waals surface area contributed by atoms with Crippen LogP contribution in [0.2, 0.25) is 0 Å². The molecule has 8 heteroatoms. The molecule has 8 nitrogen and oxygen atoms in total. The first-order chi connectivity index (χ1) is 11.9. The number of rotatable bonds is 7. The Bertz CT molecular complexity index is 708. The van der Waals surface area contributed by atoms with E-state index >= 15 is 0 Å². The van der Waals surface area contributed by atoms with Crippen molar-refractivity contribution < 1.29 is 9.59 Å². The number of aromatic nitrogens is 4. The SMILES string of the molecule is CC(C)C[C@@](C)(CNC(=O)c1cnccn1)NC(=O)c1cnccn1. The monoisotopic (exact) mass is 342 g/mol. The average molecular weight is 342 g/mol. The second-order valence-electron chi connectivity index (χ2n) is 6.48. The fourth-order valence-electron chi connectivity index (χ4n) is 2.61. The summed E-state index contributed by atoms with van der Waals surface area (Å²) in [7, 11) is 0. The second kappa shape index (κ2) is 8.27. The van der Waals surface area contributed by atoms with E-state index in [9.17, 15) is 9.59 Å². The molecule has 2 heterocycles. The standard InChI is InChI=1S/C17H22N6O2/c1-12(2)8-17(3,23-16(25)14-10-19-5-7-21-14)11-22-15(24)13-9-18-4-6-20-13/h4-7,9-10,12H,8,11H2,1-3H3,(H,22,24)(H,23,25)/t17-/m0/s1. The van der Waals surface area contributed by atoms with Crippen LogP contribution in [0.5, 0.6) is 0 Å². The van der Waals surface area contributed by atoms with Gasteiger partial charge in [-0.2, -0.15) is 0 Å². The van der Waals surface area contributed by atoms with Gasteiger partial charge in [0.2, 0.25) is 0 Å². The van der Waals surface area contributed by atoms with Crippen LogP contribution in [0.4, 0.5) is 0 Å². The van der Waals surface area contributed by atoms with Crippen molar-refractivity contribution >= 4 is 11.8 Å². The van der Waals surface area contributed by atoms with Crippen molar-refractivity contribution in [3.63, 3.8) is 0 Å². The summed E-state index contributed by atoms with van der Waals surface area (Å²) in [6.07, 6.45) is 9.41. The molecule has 25 heavy (non-hydrogen) atoms. The van der Waals surface area contributed by atoms with Gasteiger partial charge >= 0.3 is 0 Å². The van der Waals surface area contributed by atoms with Crippen molar-refractivity contribution in [3.8, 4) is 0 Å². The Morgan fingerprint density at radius 1 is 1.00 bits per heavy atom. The van der Waals surface area contributed by atoms with Crippen molar-refractivity contribution in [1.82, 2.24) is 30.6 Å². The summed E-state index contributed by atoms with van der Waals surface area (Å²) in [5.41, 5.74) is -0.173. The normalized spacial score (nSPS) is 13.1. The van der Waals surface area contributed by atoms with E-state index in [1.165, 1.54) is 37.2 Å². The number of carbonyl (C=O) groups excluding carboxylic acids is 2. The topological polar surface area (TPSA) is 110 Å². The number of amides is 2. The Morgan fingerprint density at radius 2 is 1.56 bits per heavy atom. The zero-order valence-corrected chi connectivity index (χ0v) is 14.6. The summed E-state index contributed by atoms with van der Waals surface area (Å²) >= 11 is 0. The van der Waals surface area contributed by atoms with E-state index in [1.54, 1.807) is 0 Å². The first kappa shape index (κ1) is 18.4. The van der Waals surface area contributed by atoms with Gasteiger partial charge in [-0.15, -0.1) is 0 Å². The Hall–Kier alpha value is -2.90. The average Bonchev–Trinajstić information content (AvgIpc) is 2.60. The van der Waals surface area contributed by atoms with Crippen LogP contribution in [0.3, 0.4) is 0 Å². The van der Waals surface area contributed by atoms with Crippen molar-refractivity contribution in [2.75, 3.05) is 6.54 Å². The maximum atomic E-state index is 12.4. The number of nitrogens with zero attached hydrogens (tertiary/aromatic N) is 4. The maximum Gasteiger partial charge on any atom is 0.271 e. The first-order valence-corrected chi connectivity index (χ1v) is 8.02. The predicted molar refractivity (Wildman–Crippen MR) is 91.7 cm³/mol. The molecule has 0 unspecified atom stereocenters. The zero-order valence-electron chi connectivity index (χ0n) is 14.6. The van der Waals surface area contributed by atoms with E-state index in [4.69, 9.17) is 0 Å². The van der Waals surface area contributed by atoms with Gasteiger partial charge in [-0.05, 0) is 19.3 Å². The summed E-state index contributed by atoms with van der Waals surface area (Å²) < 4.78 is 0. The zero-order chi connectivity index (χ0) is 18.3. The minimum absolute atomic E-state index is 0.231. The van der Waals surface area contributed by atoms with Gasteiger partial charge in [0.25, 0.3) is 11.8 Å².